The van der Waals surface area contributed by atoms with Crippen molar-refractivity contribution < 1.29 is 4.79 Å². The standard InChI is InChI=1S/C18H18N8OS/c1-11-9-12(2)26(23-11)17-6-5-16(21-22-17)19-7-8-20-18(27)13-3-4-14-15(10-13)25-28-24-14/h3-6,9-10H,7-8H2,1-2H3,(H,19,21)(H,20,27). The Morgan fingerprint density at radius 3 is 2.64 bits per heavy atom. The highest BCUT2D eigenvalue weighted by Gasteiger charge is 2.08. The lowest BCUT2D eigenvalue weighted by molar-refractivity contribution is 0.0955. The van der Waals surface area contributed by atoms with E-state index in [1.165, 1.54) is 0 Å². The van der Waals surface area contributed by atoms with Gasteiger partial charge in [-0.1, -0.05) is 0 Å². The molecule has 0 aliphatic heterocycles. The van der Waals surface area contributed by atoms with Crippen LogP contribution in [-0.2, 0) is 0 Å². The number of aromatic nitrogens is 6. The van der Waals surface area contributed by atoms with Gasteiger partial charge in [-0.25, -0.2) is 4.68 Å². The summed E-state index contributed by atoms with van der Waals surface area (Å²) in [6.07, 6.45) is 0. The van der Waals surface area contributed by atoms with Gasteiger partial charge in [0.25, 0.3) is 5.91 Å². The molecule has 0 atom stereocenters. The number of carbonyl (C=O) groups excluding carboxylic acids is 1. The van der Waals surface area contributed by atoms with Crippen LogP contribution in [-0.4, -0.2) is 47.7 Å². The topological polar surface area (TPSA) is 111 Å². The second-order valence-electron chi connectivity index (χ2n) is 6.27. The van der Waals surface area contributed by atoms with Gasteiger partial charge in [0, 0.05) is 24.3 Å². The summed E-state index contributed by atoms with van der Waals surface area (Å²) in [5, 5.41) is 18.7. The Morgan fingerprint density at radius 1 is 1.04 bits per heavy atom. The van der Waals surface area contributed by atoms with Gasteiger partial charge < -0.3 is 10.6 Å². The van der Waals surface area contributed by atoms with E-state index in [-0.39, 0.29) is 5.91 Å². The summed E-state index contributed by atoms with van der Waals surface area (Å²) in [7, 11) is 0. The highest BCUT2D eigenvalue weighted by molar-refractivity contribution is 7.00. The van der Waals surface area contributed by atoms with Crippen molar-refractivity contribution in [3.63, 3.8) is 0 Å². The number of nitrogens with zero attached hydrogens (tertiary/aromatic N) is 6. The molecule has 4 rings (SSSR count). The quantitative estimate of drug-likeness (QED) is 0.482. The van der Waals surface area contributed by atoms with Crippen LogP contribution in [0.25, 0.3) is 16.9 Å². The largest absolute Gasteiger partial charge is 0.367 e. The molecule has 4 aromatic rings. The molecule has 3 heterocycles. The second kappa shape index (κ2) is 7.69. The van der Waals surface area contributed by atoms with Crippen LogP contribution >= 0.6 is 11.7 Å². The fourth-order valence-electron chi connectivity index (χ4n) is 2.79. The van der Waals surface area contributed by atoms with E-state index in [4.69, 9.17) is 0 Å². The summed E-state index contributed by atoms with van der Waals surface area (Å²) in [4.78, 5) is 12.2. The van der Waals surface area contributed by atoms with Crippen LogP contribution in [0.5, 0.6) is 0 Å². The van der Waals surface area contributed by atoms with Gasteiger partial charge >= 0.3 is 0 Å². The smallest absolute Gasteiger partial charge is 0.251 e. The number of hydrogen-bond acceptors (Lipinski definition) is 8. The first-order valence-electron chi connectivity index (χ1n) is 8.72. The molecule has 0 fully saturated rings. The van der Waals surface area contributed by atoms with Crippen molar-refractivity contribution in [1.29, 1.82) is 0 Å². The molecular weight excluding hydrogens is 376 g/mol. The Labute approximate surface area is 165 Å². The molecule has 0 unspecified atom stereocenters. The first-order valence-corrected chi connectivity index (χ1v) is 9.45. The van der Waals surface area contributed by atoms with Crippen molar-refractivity contribution in [2.45, 2.75) is 13.8 Å². The summed E-state index contributed by atoms with van der Waals surface area (Å²) in [5.74, 6) is 1.15. The van der Waals surface area contributed by atoms with Gasteiger partial charge in [0.15, 0.2) is 5.82 Å². The van der Waals surface area contributed by atoms with Gasteiger partial charge in [0.2, 0.25) is 0 Å². The predicted octanol–water partition coefficient (Wildman–Crippen LogP) is 2.13. The van der Waals surface area contributed by atoms with E-state index in [0.29, 0.717) is 30.3 Å². The van der Waals surface area contributed by atoms with Crippen LogP contribution in [0.2, 0.25) is 0 Å². The number of fused-ring (bicyclic) bond motifs is 1. The molecule has 0 radical (unpaired) electrons. The van der Waals surface area contributed by atoms with Crippen molar-refractivity contribution in [3.8, 4) is 5.82 Å². The fourth-order valence-corrected chi connectivity index (χ4v) is 3.30. The average Bonchev–Trinajstić information content (AvgIpc) is 3.30. The van der Waals surface area contributed by atoms with Crippen molar-refractivity contribution >= 4 is 34.5 Å². The Balaban J connectivity index is 1.29. The Hall–Kier alpha value is -3.40. The van der Waals surface area contributed by atoms with Crippen LogP contribution in [0.3, 0.4) is 0 Å². The molecule has 2 N–H and O–H groups in total. The zero-order chi connectivity index (χ0) is 19.5. The van der Waals surface area contributed by atoms with E-state index in [9.17, 15) is 4.79 Å². The molecule has 142 valence electrons. The number of aryl methyl sites for hydroxylation is 2. The van der Waals surface area contributed by atoms with Gasteiger partial charge in [-0.2, -0.15) is 13.8 Å². The molecule has 1 aromatic carbocycles. The summed E-state index contributed by atoms with van der Waals surface area (Å²) in [6, 6.07) is 11.0. The van der Waals surface area contributed by atoms with Gasteiger partial charge in [-0.15, -0.1) is 10.2 Å². The maximum Gasteiger partial charge on any atom is 0.251 e. The predicted molar refractivity (Wildman–Crippen MR) is 107 cm³/mol. The molecule has 1 amide bonds. The van der Waals surface area contributed by atoms with Gasteiger partial charge in [-0.3, -0.25) is 4.79 Å². The zero-order valence-electron chi connectivity index (χ0n) is 15.4. The Bertz CT molecular complexity index is 1120. The lowest BCUT2D eigenvalue weighted by Crippen LogP contribution is -2.28. The van der Waals surface area contributed by atoms with Crippen LogP contribution in [0, 0.1) is 13.8 Å². The van der Waals surface area contributed by atoms with Crippen LogP contribution in [0.15, 0.2) is 36.4 Å². The minimum absolute atomic E-state index is 0.150. The molecule has 0 aliphatic carbocycles. The number of amides is 1. The third-order valence-corrected chi connectivity index (χ3v) is 4.67. The number of rotatable bonds is 6. The highest BCUT2D eigenvalue weighted by atomic mass is 32.1. The number of hydrogen-bond donors (Lipinski definition) is 2. The van der Waals surface area contributed by atoms with Gasteiger partial charge in [-0.05, 0) is 50.2 Å². The summed E-state index contributed by atoms with van der Waals surface area (Å²) < 4.78 is 10.0. The van der Waals surface area contributed by atoms with E-state index in [0.717, 1.165) is 34.1 Å². The zero-order valence-corrected chi connectivity index (χ0v) is 16.2. The molecular formula is C18H18N8OS. The summed E-state index contributed by atoms with van der Waals surface area (Å²) in [5.41, 5.74) is 4.03. The van der Waals surface area contributed by atoms with E-state index in [1.807, 2.05) is 32.0 Å². The molecule has 28 heavy (non-hydrogen) atoms. The van der Waals surface area contributed by atoms with Crippen LogP contribution in [0.4, 0.5) is 5.82 Å². The van der Waals surface area contributed by atoms with Gasteiger partial charge in [0.05, 0.1) is 17.4 Å². The molecule has 3 aromatic heterocycles. The summed E-state index contributed by atoms with van der Waals surface area (Å²) in [6.45, 7) is 4.89. The van der Waals surface area contributed by atoms with Crippen molar-refractivity contribution in [2.75, 3.05) is 18.4 Å². The monoisotopic (exact) mass is 394 g/mol. The van der Waals surface area contributed by atoms with Crippen LogP contribution in [0.1, 0.15) is 21.7 Å². The third-order valence-electron chi connectivity index (χ3n) is 4.11. The number of anilines is 1. The molecule has 0 saturated carbocycles. The molecule has 10 heteroatoms. The van der Waals surface area contributed by atoms with Crippen molar-refractivity contribution in [1.82, 2.24) is 34.0 Å². The van der Waals surface area contributed by atoms with Crippen molar-refractivity contribution in [2.24, 2.45) is 0 Å². The van der Waals surface area contributed by atoms with E-state index in [1.54, 1.807) is 22.9 Å². The minimum atomic E-state index is -0.150. The average molecular weight is 394 g/mol. The third kappa shape index (κ3) is 3.81. The SMILES string of the molecule is Cc1cc(C)n(-c2ccc(NCCNC(=O)c3ccc4nsnc4c3)nn2)n1. The lowest BCUT2D eigenvalue weighted by Gasteiger charge is -2.08. The van der Waals surface area contributed by atoms with Crippen molar-refractivity contribution in [3.05, 3.63) is 53.3 Å². The van der Waals surface area contributed by atoms with E-state index >= 15 is 0 Å². The molecule has 0 saturated heterocycles. The minimum Gasteiger partial charge on any atom is -0.367 e. The molecule has 0 aliphatic rings. The normalized spacial score (nSPS) is 10.9. The summed E-state index contributed by atoms with van der Waals surface area (Å²) >= 11 is 1.13. The maximum absolute atomic E-state index is 12.2. The molecule has 0 spiro atoms. The van der Waals surface area contributed by atoms with E-state index in [2.05, 4.69) is 34.7 Å². The number of nitrogens with one attached hydrogen (secondary N) is 2. The fraction of sp³-hybridized carbons (Fsp3) is 0.222. The second-order valence-corrected chi connectivity index (χ2v) is 6.79. The van der Waals surface area contributed by atoms with E-state index < -0.39 is 0 Å². The van der Waals surface area contributed by atoms with Gasteiger partial charge in [0.1, 0.15) is 16.9 Å². The first-order chi connectivity index (χ1) is 13.6. The molecule has 0 bridgehead atoms. The number of carbonyl (C=O) groups is 1. The lowest BCUT2D eigenvalue weighted by atomic mass is 10.2. The number of benzene rings is 1. The Morgan fingerprint density at radius 2 is 1.89 bits per heavy atom. The first kappa shape index (κ1) is 18.0. The Kier molecular flexibility index (Phi) is 4.94. The molecule has 9 nitrogen and oxygen atoms in total. The van der Waals surface area contributed by atoms with Crippen LogP contribution < -0.4 is 10.6 Å². The maximum atomic E-state index is 12.2. The highest BCUT2D eigenvalue weighted by Crippen LogP contribution is 2.13.